The first-order chi connectivity index (χ1) is 9.86. The second-order valence-corrected chi connectivity index (χ2v) is 5.70. The molecular weight excluding hydrogens is 385 g/mol. The molecule has 0 atom stereocenters. The van der Waals surface area contributed by atoms with Crippen molar-refractivity contribution < 1.29 is 4.74 Å². The first-order valence-electron chi connectivity index (χ1n) is 6.01. The van der Waals surface area contributed by atoms with Crippen LogP contribution < -0.4 is 16.0 Å². The fourth-order valence-corrected chi connectivity index (χ4v) is 2.28. The number of hydrogen-bond donors (Lipinski definition) is 0. The van der Waals surface area contributed by atoms with Crippen LogP contribution in [0.15, 0.2) is 27.8 Å². The van der Waals surface area contributed by atoms with Crippen LogP contribution in [0.5, 0.6) is 11.6 Å². The zero-order valence-corrected chi connectivity index (χ0v) is 13.8. The number of ether oxygens (including phenoxy) is 1. The van der Waals surface area contributed by atoms with E-state index in [2.05, 4.69) is 22.6 Å². The summed E-state index contributed by atoms with van der Waals surface area (Å²) < 4.78 is 8.53. The molecule has 21 heavy (non-hydrogen) atoms. The number of benzene rings is 1. The molecule has 2 aromatic rings. The van der Waals surface area contributed by atoms with Crippen LogP contribution in [0.2, 0.25) is 0 Å². The van der Waals surface area contributed by atoms with Gasteiger partial charge in [0.05, 0.1) is 3.57 Å². The van der Waals surface area contributed by atoms with Gasteiger partial charge in [0.2, 0.25) is 5.88 Å². The standard InChI is InChI=1S/C14H12IN3O3/c1-8-4-5-10(15)11(6-8)21-13-9(7-16)12(19)17(2)14(20)18(13)3/h4-6H,1-3H3. The van der Waals surface area contributed by atoms with Crippen LogP contribution in [-0.4, -0.2) is 9.13 Å². The summed E-state index contributed by atoms with van der Waals surface area (Å²) in [4.78, 5) is 23.9. The van der Waals surface area contributed by atoms with Crippen molar-refractivity contribution in [1.82, 2.24) is 9.13 Å². The topological polar surface area (TPSA) is 77.0 Å². The molecule has 0 unspecified atom stereocenters. The van der Waals surface area contributed by atoms with Crippen LogP contribution >= 0.6 is 22.6 Å². The summed E-state index contributed by atoms with van der Waals surface area (Å²) in [5.41, 5.74) is -0.440. The van der Waals surface area contributed by atoms with Crippen LogP contribution in [0, 0.1) is 21.8 Å². The lowest BCUT2D eigenvalue weighted by molar-refractivity contribution is 0.418. The van der Waals surface area contributed by atoms with E-state index in [0.717, 1.165) is 18.3 Å². The number of nitrogens with zero attached hydrogens (tertiary/aromatic N) is 3. The highest BCUT2D eigenvalue weighted by Gasteiger charge is 2.18. The zero-order chi connectivity index (χ0) is 15.7. The van der Waals surface area contributed by atoms with Gasteiger partial charge in [0.1, 0.15) is 11.8 Å². The molecule has 0 bridgehead atoms. The van der Waals surface area contributed by atoms with Gasteiger partial charge in [0, 0.05) is 14.1 Å². The van der Waals surface area contributed by atoms with Crippen molar-refractivity contribution in [1.29, 1.82) is 5.26 Å². The molecule has 1 heterocycles. The highest BCUT2D eigenvalue weighted by molar-refractivity contribution is 14.1. The predicted octanol–water partition coefficient (Wildman–Crippen LogP) is 1.66. The first-order valence-corrected chi connectivity index (χ1v) is 7.08. The van der Waals surface area contributed by atoms with Crippen molar-refractivity contribution in [2.24, 2.45) is 14.1 Å². The molecule has 7 heteroatoms. The smallest absolute Gasteiger partial charge is 0.333 e. The van der Waals surface area contributed by atoms with E-state index in [1.54, 1.807) is 12.1 Å². The number of hydrogen-bond acceptors (Lipinski definition) is 4. The third-order valence-corrected chi connectivity index (χ3v) is 3.91. The maximum absolute atomic E-state index is 12.0. The van der Waals surface area contributed by atoms with Crippen molar-refractivity contribution in [3.63, 3.8) is 0 Å². The van der Waals surface area contributed by atoms with E-state index in [4.69, 9.17) is 4.74 Å². The molecule has 108 valence electrons. The molecule has 0 radical (unpaired) electrons. The van der Waals surface area contributed by atoms with Crippen LogP contribution in [0.4, 0.5) is 0 Å². The molecule has 0 saturated heterocycles. The Bertz CT molecular complexity index is 875. The second-order valence-electron chi connectivity index (χ2n) is 4.53. The lowest BCUT2D eigenvalue weighted by atomic mass is 10.2. The minimum absolute atomic E-state index is 0.0471. The first kappa shape index (κ1) is 15.3. The fraction of sp³-hybridized carbons (Fsp3) is 0.214. The molecule has 0 saturated carbocycles. The van der Waals surface area contributed by atoms with Crippen LogP contribution in [0.3, 0.4) is 0 Å². The quantitative estimate of drug-likeness (QED) is 0.723. The van der Waals surface area contributed by atoms with Gasteiger partial charge in [0.15, 0.2) is 5.56 Å². The average Bonchev–Trinajstić information content (AvgIpc) is 2.46. The summed E-state index contributed by atoms with van der Waals surface area (Å²) in [6, 6.07) is 7.37. The van der Waals surface area contributed by atoms with E-state index >= 15 is 0 Å². The highest BCUT2D eigenvalue weighted by Crippen LogP contribution is 2.27. The van der Waals surface area contributed by atoms with E-state index in [9.17, 15) is 14.9 Å². The van der Waals surface area contributed by atoms with Crippen molar-refractivity contribution in [3.8, 4) is 17.7 Å². The van der Waals surface area contributed by atoms with Gasteiger partial charge in [-0.2, -0.15) is 5.26 Å². The number of halogens is 1. The molecule has 1 aromatic carbocycles. The van der Waals surface area contributed by atoms with Gasteiger partial charge >= 0.3 is 5.69 Å². The average molecular weight is 397 g/mol. The molecule has 0 aliphatic rings. The zero-order valence-electron chi connectivity index (χ0n) is 11.7. The van der Waals surface area contributed by atoms with E-state index < -0.39 is 11.2 Å². The molecule has 0 spiro atoms. The Hall–Kier alpha value is -2.08. The van der Waals surface area contributed by atoms with Gasteiger partial charge in [-0.05, 0) is 47.2 Å². The SMILES string of the molecule is Cc1ccc(I)c(Oc2c(C#N)c(=O)n(C)c(=O)n2C)c1. The third-order valence-electron chi connectivity index (χ3n) is 3.02. The van der Waals surface area contributed by atoms with Gasteiger partial charge < -0.3 is 4.74 Å². The van der Waals surface area contributed by atoms with Crippen molar-refractivity contribution in [3.05, 3.63) is 53.7 Å². The summed E-state index contributed by atoms with van der Waals surface area (Å²) in [5.74, 6) is 0.449. The van der Waals surface area contributed by atoms with Crippen LogP contribution in [-0.2, 0) is 14.1 Å². The van der Waals surface area contributed by atoms with Crippen LogP contribution in [0.1, 0.15) is 11.1 Å². The van der Waals surface area contributed by atoms with E-state index in [1.807, 2.05) is 19.1 Å². The number of aryl methyl sites for hydroxylation is 1. The molecule has 0 amide bonds. The Morgan fingerprint density at radius 2 is 1.90 bits per heavy atom. The van der Waals surface area contributed by atoms with Crippen molar-refractivity contribution in [2.45, 2.75) is 6.92 Å². The van der Waals surface area contributed by atoms with E-state index in [1.165, 1.54) is 14.1 Å². The third kappa shape index (κ3) is 2.71. The normalized spacial score (nSPS) is 10.2. The predicted molar refractivity (Wildman–Crippen MR) is 85.6 cm³/mol. The largest absolute Gasteiger partial charge is 0.438 e. The summed E-state index contributed by atoms with van der Waals surface area (Å²) >= 11 is 2.08. The van der Waals surface area contributed by atoms with Gasteiger partial charge in [-0.25, -0.2) is 4.79 Å². The Morgan fingerprint density at radius 3 is 2.52 bits per heavy atom. The summed E-state index contributed by atoms with van der Waals surface area (Å²) in [6.45, 7) is 1.90. The van der Waals surface area contributed by atoms with Crippen molar-refractivity contribution in [2.75, 3.05) is 0 Å². The number of nitriles is 1. The second kappa shape index (κ2) is 5.73. The number of aromatic nitrogens is 2. The Morgan fingerprint density at radius 1 is 1.24 bits per heavy atom. The van der Waals surface area contributed by atoms with Crippen LogP contribution in [0.25, 0.3) is 0 Å². The maximum atomic E-state index is 12.0. The molecule has 0 fully saturated rings. The molecule has 6 nitrogen and oxygen atoms in total. The summed E-state index contributed by atoms with van der Waals surface area (Å²) in [5, 5.41) is 9.18. The summed E-state index contributed by atoms with van der Waals surface area (Å²) in [6.07, 6.45) is 0. The maximum Gasteiger partial charge on any atom is 0.333 e. The Kier molecular flexibility index (Phi) is 4.18. The lowest BCUT2D eigenvalue weighted by Gasteiger charge is -2.13. The highest BCUT2D eigenvalue weighted by atomic mass is 127. The van der Waals surface area contributed by atoms with Crippen molar-refractivity contribution >= 4 is 22.6 Å². The minimum atomic E-state index is -0.668. The number of rotatable bonds is 2. The monoisotopic (exact) mass is 397 g/mol. The van der Waals surface area contributed by atoms with Gasteiger partial charge in [-0.1, -0.05) is 6.07 Å². The Balaban J connectivity index is 2.71. The van der Waals surface area contributed by atoms with E-state index in [-0.39, 0.29) is 11.4 Å². The fourth-order valence-electron chi connectivity index (χ4n) is 1.83. The molecule has 1 aromatic heterocycles. The van der Waals surface area contributed by atoms with Gasteiger partial charge in [-0.15, -0.1) is 0 Å². The molecular formula is C14H12IN3O3. The molecule has 0 N–H and O–H groups in total. The van der Waals surface area contributed by atoms with Gasteiger partial charge in [-0.3, -0.25) is 13.9 Å². The molecule has 2 rings (SSSR count). The van der Waals surface area contributed by atoms with Gasteiger partial charge in [0.25, 0.3) is 5.56 Å². The minimum Gasteiger partial charge on any atom is -0.438 e. The molecule has 0 aliphatic carbocycles. The van der Waals surface area contributed by atoms with E-state index in [0.29, 0.717) is 5.75 Å². The Labute approximate surface area is 134 Å². The summed E-state index contributed by atoms with van der Waals surface area (Å²) in [7, 11) is 2.78. The molecule has 0 aliphatic heterocycles. The lowest BCUT2D eigenvalue weighted by Crippen LogP contribution is -2.38.